The molecule has 2 N–H and O–H groups in total. The molecule has 1 heterocycles. The predicted octanol–water partition coefficient (Wildman–Crippen LogP) is 5.23. The Balaban J connectivity index is 1.50. The number of nitrogens with zero attached hydrogens (tertiary/aromatic N) is 1. The molecule has 0 bridgehead atoms. The summed E-state index contributed by atoms with van der Waals surface area (Å²) >= 11 is 1.41. The van der Waals surface area contributed by atoms with Crippen molar-refractivity contribution in [2.24, 2.45) is 0 Å². The van der Waals surface area contributed by atoms with E-state index >= 15 is 0 Å². The van der Waals surface area contributed by atoms with Crippen molar-refractivity contribution >= 4 is 28.1 Å². The third-order valence-corrected chi connectivity index (χ3v) is 6.14. The molecule has 5 heteroatoms. The van der Waals surface area contributed by atoms with Gasteiger partial charge in [-0.2, -0.15) is 0 Å². The molecular weight excluding hydrogens is 354 g/mol. The van der Waals surface area contributed by atoms with E-state index < -0.39 is 0 Å². The topological polar surface area (TPSA) is 54.0 Å². The van der Waals surface area contributed by atoms with Gasteiger partial charge in [-0.3, -0.25) is 4.79 Å². The smallest absolute Gasteiger partial charge is 0.263 e. The molecule has 1 aliphatic carbocycles. The van der Waals surface area contributed by atoms with Crippen molar-refractivity contribution in [3.63, 3.8) is 0 Å². The molecule has 0 radical (unpaired) electrons. The maximum Gasteiger partial charge on any atom is 0.263 e. The Labute approximate surface area is 163 Å². The second-order valence-electron chi connectivity index (χ2n) is 7.14. The number of nitrogens with one attached hydrogen (secondary N) is 2. The summed E-state index contributed by atoms with van der Waals surface area (Å²) in [5.41, 5.74) is 6.74. The van der Waals surface area contributed by atoms with E-state index in [9.17, 15) is 4.79 Å². The number of carbonyl (C=O) groups excluding carboxylic acids is 1. The van der Waals surface area contributed by atoms with Crippen LogP contribution < -0.4 is 10.6 Å². The molecule has 0 spiro atoms. The number of thiazole rings is 1. The fourth-order valence-electron chi connectivity index (χ4n) is 3.66. The van der Waals surface area contributed by atoms with E-state index in [0.717, 1.165) is 34.9 Å². The molecule has 1 aromatic heterocycles. The van der Waals surface area contributed by atoms with Crippen molar-refractivity contribution in [3.05, 3.63) is 75.3 Å². The van der Waals surface area contributed by atoms with Crippen LogP contribution in [-0.2, 0) is 6.42 Å². The Bertz CT molecular complexity index is 1010. The highest BCUT2D eigenvalue weighted by molar-refractivity contribution is 7.17. The molecule has 27 heavy (non-hydrogen) atoms. The largest absolute Gasteiger partial charge is 0.344 e. The number of benzene rings is 2. The maximum absolute atomic E-state index is 12.8. The number of rotatable bonds is 4. The van der Waals surface area contributed by atoms with Crippen LogP contribution >= 0.6 is 11.3 Å². The molecule has 1 aliphatic rings. The number of fused-ring (bicyclic) bond motifs is 1. The highest BCUT2D eigenvalue weighted by atomic mass is 32.1. The average Bonchev–Trinajstić information content (AvgIpc) is 3.21. The fourth-order valence-corrected chi connectivity index (χ4v) is 4.54. The Kier molecular flexibility index (Phi) is 4.70. The first-order valence-electron chi connectivity index (χ1n) is 9.21. The lowest BCUT2D eigenvalue weighted by Gasteiger charge is -2.13. The van der Waals surface area contributed by atoms with Crippen LogP contribution in [0.4, 0.5) is 10.8 Å². The first kappa shape index (κ1) is 17.7. The lowest BCUT2D eigenvalue weighted by Crippen LogP contribution is -2.26. The monoisotopic (exact) mass is 377 g/mol. The van der Waals surface area contributed by atoms with Crippen molar-refractivity contribution in [2.45, 2.75) is 39.7 Å². The van der Waals surface area contributed by atoms with Gasteiger partial charge in [0.2, 0.25) is 0 Å². The van der Waals surface area contributed by atoms with Gasteiger partial charge in [0, 0.05) is 5.69 Å². The number of anilines is 2. The van der Waals surface area contributed by atoms with Crippen LogP contribution in [0.5, 0.6) is 0 Å². The molecule has 0 saturated heterocycles. The number of hydrogen-bond acceptors (Lipinski definition) is 4. The molecule has 0 saturated carbocycles. The summed E-state index contributed by atoms with van der Waals surface area (Å²) in [5.74, 6) is -0.0413. The Hall–Kier alpha value is -2.66. The van der Waals surface area contributed by atoms with Crippen LogP contribution in [0.1, 0.15) is 50.1 Å². The van der Waals surface area contributed by atoms with Gasteiger partial charge in [-0.05, 0) is 56.4 Å². The highest BCUT2D eigenvalue weighted by Gasteiger charge is 2.25. The van der Waals surface area contributed by atoms with Crippen molar-refractivity contribution < 1.29 is 4.79 Å². The normalized spacial score (nSPS) is 15.4. The SMILES string of the molecule is Cc1ccc(Nc2nc(C)c(C(=O)N[C@@H]3CCc4ccccc43)s2)c(C)c1. The van der Waals surface area contributed by atoms with Crippen molar-refractivity contribution in [2.75, 3.05) is 5.32 Å². The molecule has 3 aromatic rings. The fraction of sp³-hybridized carbons (Fsp3) is 0.273. The van der Waals surface area contributed by atoms with E-state index in [2.05, 4.69) is 65.9 Å². The van der Waals surface area contributed by atoms with Gasteiger partial charge < -0.3 is 10.6 Å². The summed E-state index contributed by atoms with van der Waals surface area (Å²) in [4.78, 5) is 18.1. The molecule has 0 fully saturated rings. The Morgan fingerprint density at radius 2 is 1.96 bits per heavy atom. The second-order valence-corrected chi connectivity index (χ2v) is 8.14. The third-order valence-electron chi connectivity index (χ3n) is 5.06. The van der Waals surface area contributed by atoms with Gasteiger partial charge in [0.05, 0.1) is 11.7 Å². The summed E-state index contributed by atoms with van der Waals surface area (Å²) in [6.45, 7) is 6.04. The molecule has 138 valence electrons. The maximum atomic E-state index is 12.8. The van der Waals surface area contributed by atoms with Crippen molar-refractivity contribution in [1.82, 2.24) is 10.3 Å². The first-order valence-corrected chi connectivity index (χ1v) is 10.0. The van der Waals surface area contributed by atoms with Crippen LogP contribution in [0.3, 0.4) is 0 Å². The van der Waals surface area contributed by atoms with Gasteiger partial charge in [-0.1, -0.05) is 53.3 Å². The number of hydrogen-bond donors (Lipinski definition) is 2. The highest BCUT2D eigenvalue weighted by Crippen LogP contribution is 2.32. The van der Waals surface area contributed by atoms with Gasteiger partial charge in [0.15, 0.2) is 5.13 Å². The predicted molar refractivity (Wildman–Crippen MR) is 111 cm³/mol. The standard InChI is InChI=1S/C22H23N3OS/c1-13-8-10-18(14(2)12-13)25-22-23-15(3)20(27-22)21(26)24-19-11-9-16-6-4-5-7-17(16)19/h4-8,10,12,19H,9,11H2,1-3H3,(H,23,25)(H,24,26)/t19-/m1/s1. The van der Waals surface area contributed by atoms with Crippen LogP contribution in [0.2, 0.25) is 0 Å². The van der Waals surface area contributed by atoms with Crippen LogP contribution in [0.15, 0.2) is 42.5 Å². The number of carbonyl (C=O) groups is 1. The van der Waals surface area contributed by atoms with E-state index in [-0.39, 0.29) is 11.9 Å². The first-order chi connectivity index (χ1) is 13.0. The third kappa shape index (κ3) is 3.60. The Morgan fingerprint density at radius 3 is 2.78 bits per heavy atom. The van der Waals surface area contributed by atoms with Crippen LogP contribution in [0, 0.1) is 20.8 Å². The lowest BCUT2D eigenvalue weighted by molar-refractivity contribution is 0.0940. The van der Waals surface area contributed by atoms with Gasteiger partial charge in [-0.25, -0.2) is 4.98 Å². The van der Waals surface area contributed by atoms with Crippen molar-refractivity contribution in [3.8, 4) is 0 Å². The Morgan fingerprint density at radius 1 is 1.15 bits per heavy atom. The average molecular weight is 378 g/mol. The van der Waals surface area contributed by atoms with Gasteiger partial charge in [-0.15, -0.1) is 0 Å². The molecule has 2 aromatic carbocycles. The lowest BCUT2D eigenvalue weighted by atomic mass is 10.1. The second kappa shape index (κ2) is 7.16. The minimum atomic E-state index is -0.0413. The molecule has 4 rings (SSSR count). The summed E-state index contributed by atoms with van der Waals surface area (Å²) < 4.78 is 0. The van der Waals surface area contributed by atoms with Gasteiger partial charge >= 0.3 is 0 Å². The molecular formula is C22H23N3OS. The molecule has 0 unspecified atom stereocenters. The number of amides is 1. The van der Waals surface area contributed by atoms with E-state index in [1.54, 1.807) is 0 Å². The van der Waals surface area contributed by atoms with E-state index in [1.165, 1.54) is 28.0 Å². The molecule has 1 amide bonds. The summed E-state index contributed by atoms with van der Waals surface area (Å²) in [7, 11) is 0. The zero-order valence-electron chi connectivity index (χ0n) is 15.8. The minimum absolute atomic E-state index is 0.0413. The molecule has 0 aliphatic heterocycles. The van der Waals surface area contributed by atoms with E-state index in [4.69, 9.17) is 0 Å². The zero-order chi connectivity index (χ0) is 19.0. The van der Waals surface area contributed by atoms with Crippen LogP contribution in [0.25, 0.3) is 0 Å². The quantitative estimate of drug-likeness (QED) is 0.655. The van der Waals surface area contributed by atoms with Gasteiger partial charge in [0.25, 0.3) is 5.91 Å². The molecule has 4 nitrogen and oxygen atoms in total. The zero-order valence-corrected chi connectivity index (χ0v) is 16.6. The van der Waals surface area contributed by atoms with Crippen molar-refractivity contribution in [1.29, 1.82) is 0 Å². The van der Waals surface area contributed by atoms with E-state index in [1.807, 2.05) is 13.0 Å². The summed E-state index contributed by atoms with van der Waals surface area (Å²) in [6, 6.07) is 14.7. The summed E-state index contributed by atoms with van der Waals surface area (Å²) in [5, 5.41) is 7.29. The summed E-state index contributed by atoms with van der Waals surface area (Å²) in [6.07, 6.45) is 1.97. The number of aryl methyl sites for hydroxylation is 4. The number of aromatic nitrogens is 1. The van der Waals surface area contributed by atoms with Gasteiger partial charge in [0.1, 0.15) is 4.88 Å². The van der Waals surface area contributed by atoms with E-state index in [0.29, 0.717) is 4.88 Å². The minimum Gasteiger partial charge on any atom is -0.344 e. The molecule has 1 atom stereocenters. The van der Waals surface area contributed by atoms with Crippen LogP contribution in [-0.4, -0.2) is 10.9 Å².